The van der Waals surface area contributed by atoms with Crippen LogP contribution < -0.4 is 0 Å². The zero-order valence-electron chi connectivity index (χ0n) is 16.9. The van der Waals surface area contributed by atoms with Gasteiger partial charge < -0.3 is 9.80 Å². The van der Waals surface area contributed by atoms with Crippen LogP contribution in [0.4, 0.5) is 0 Å². The van der Waals surface area contributed by atoms with Crippen molar-refractivity contribution in [2.24, 2.45) is 0 Å². The smallest absolute Gasteiger partial charge is 0.241 e. The van der Waals surface area contributed by atoms with E-state index in [-0.39, 0.29) is 17.6 Å². The maximum absolute atomic E-state index is 12.9. The molecule has 1 atom stereocenters. The second-order valence-corrected chi connectivity index (χ2v) is 9.29. The first kappa shape index (κ1) is 22.1. The number of sulfonamides is 1. The molecule has 2 heterocycles. The molecule has 2 saturated heterocycles. The highest BCUT2D eigenvalue weighted by Crippen LogP contribution is 2.24. The molecule has 1 unspecified atom stereocenters. The molecule has 27 heavy (non-hydrogen) atoms. The number of piperazine rings is 1. The van der Waals surface area contributed by atoms with E-state index in [0.717, 1.165) is 6.42 Å². The van der Waals surface area contributed by atoms with Gasteiger partial charge in [-0.25, -0.2) is 8.42 Å². The molecule has 0 aromatic heterocycles. The molecule has 0 aromatic rings. The number of carbonyl (C=O) groups excluding carboxylic acids is 2. The van der Waals surface area contributed by atoms with Crippen LogP contribution in [0.1, 0.15) is 40.0 Å². The van der Waals surface area contributed by atoms with Crippen molar-refractivity contribution >= 4 is 21.8 Å². The highest BCUT2D eigenvalue weighted by Gasteiger charge is 2.40. The quantitative estimate of drug-likeness (QED) is 0.579. The standard InChI is InChI=1S/C18H34N4O4S/c1-4-14-27(25,26)22-9-7-8-16(22)18(24)21-12-10-19(11-13-21)15-17(23)20(5-2)6-3/h16H,4-15H2,1-3H3. The van der Waals surface area contributed by atoms with Crippen molar-refractivity contribution in [1.29, 1.82) is 0 Å². The van der Waals surface area contributed by atoms with E-state index in [1.807, 2.05) is 25.7 Å². The van der Waals surface area contributed by atoms with Crippen LogP contribution >= 0.6 is 0 Å². The van der Waals surface area contributed by atoms with Gasteiger partial charge in [-0.2, -0.15) is 4.31 Å². The van der Waals surface area contributed by atoms with Crippen LogP contribution in [-0.4, -0.2) is 103 Å². The number of hydrogen-bond donors (Lipinski definition) is 0. The van der Waals surface area contributed by atoms with Crippen LogP contribution in [-0.2, 0) is 19.6 Å². The third kappa shape index (κ3) is 5.42. The summed E-state index contributed by atoms with van der Waals surface area (Å²) in [6.07, 6.45) is 1.89. The van der Waals surface area contributed by atoms with E-state index >= 15 is 0 Å². The van der Waals surface area contributed by atoms with Gasteiger partial charge >= 0.3 is 0 Å². The summed E-state index contributed by atoms with van der Waals surface area (Å²) >= 11 is 0. The number of rotatable bonds is 8. The molecule has 156 valence electrons. The Kier molecular flexibility index (Phi) is 8.05. The number of amides is 2. The Morgan fingerprint density at radius 2 is 1.63 bits per heavy atom. The van der Waals surface area contributed by atoms with Crippen molar-refractivity contribution < 1.29 is 18.0 Å². The third-order valence-corrected chi connectivity index (χ3v) is 7.54. The minimum atomic E-state index is -3.36. The Labute approximate surface area is 163 Å². The first-order valence-corrected chi connectivity index (χ1v) is 11.7. The van der Waals surface area contributed by atoms with Gasteiger partial charge in [0.15, 0.2) is 0 Å². The topological polar surface area (TPSA) is 81.2 Å². The van der Waals surface area contributed by atoms with E-state index in [1.54, 1.807) is 4.90 Å². The van der Waals surface area contributed by atoms with Gasteiger partial charge in [0, 0.05) is 45.8 Å². The zero-order chi connectivity index (χ0) is 20.0. The van der Waals surface area contributed by atoms with Gasteiger partial charge in [-0.1, -0.05) is 6.92 Å². The third-order valence-electron chi connectivity index (χ3n) is 5.47. The summed E-state index contributed by atoms with van der Waals surface area (Å²) in [5.74, 6) is 0.132. The van der Waals surface area contributed by atoms with Crippen molar-refractivity contribution in [3.05, 3.63) is 0 Å². The highest BCUT2D eigenvalue weighted by molar-refractivity contribution is 7.89. The van der Waals surface area contributed by atoms with Gasteiger partial charge in [0.1, 0.15) is 6.04 Å². The maximum atomic E-state index is 12.9. The van der Waals surface area contributed by atoms with Crippen molar-refractivity contribution in [3.8, 4) is 0 Å². The minimum absolute atomic E-state index is 0.0816. The SMILES string of the molecule is CCCS(=O)(=O)N1CCCC1C(=O)N1CCN(CC(=O)N(CC)CC)CC1. The van der Waals surface area contributed by atoms with Gasteiger partial charge in [0.2, 0.25) is 21.8 Å². The number of hydrogen-bond acceptors (Lipinski definition) is 5. The maximum Gasteiger partial charge on any atom is 0.241 e. The van der Waals surface area contributed by atoms with Crippen LogP contribution in [0, 0.1) is 0 Å². The second-order valence-electron chi connectivity index (χ2n) is 7.25. The Balaban J connectivity index is 1.90. The summed E-state index contributed by atoms with van der Waals surface area (Å²) < 4.78 is 26.3. The Morgan fingerprint density at radius 1 is 1.00 bits per heavy atom. The fourth-order valence-corrected chi connectivity index (χ4v) is 5.64. The van der Waals surface area contributed by atoms with Crippen LogP contribution in [0.25, 0.3) is 0 Å². The monoisotopic (exact) mass is 402 g/mol. The molecular formula is C18H34N4O4S. The van der Waals surface area contributed by atoms with Crippen molar-refractivity contribution in [2.75, 3.05) is 58.1 Å². The first-order chi connectivity index (χ1) is 12.8. The minimum Gasteiger partial charge on any atom is -0.342 e. The molecule has 8 nitrogen and oxygen atoms in total. The zero-order valence-corrected chi connectivity index (χ0v) is 17.7. The molecule has 0 aliphatic carbocycles. The largest absolute Gasteiger partial charge is 0.342 e. The molecule has 9 heteroatoms. The van der Waals surface area contributed by atoms with Gasteiger partial charge in [-0.15, -0.1) is 0 Å². The molecule has 0 aromatic carbocycles. The van der Waals surface area contributed by atoms with Crippen LogP contribution in [0.3, 0.4) is 0 Å². The lowest BCUT2D eigenvalue weighted by Gasteiger charge is -2.37. The molecule has 0 bridgehead atoms. The Hall–Kier alpha value is -1.19. The summed E-state index contributed by atoms with van der Waals surface area (Å²) in [5, 5.41) is 0. The fraction of sp³-hybridized carbons (Fsp3) is 0.889. The Morgan fingerprint density at radius 3 is 2.19 bits per heavy atom. The fourth-order valence-electron chi connectivity index (χ4n) is 3.90. The predicted molar refractivity (Wildman–Crippen MR) is 105 cm³/mol. The lowest BCUT2D eigenvalue weighted by atomic mass is 10.2. The lowest BCUT2D eigenvalue weighted by molar-refractivity contribution is -0.137. The molecular weight excluding hydrogens is 368 g/mol. The molecule has 2 amide bonds. The normalized spacial score (nSPS) is 22.2. The van der Waals surface area contributed by atoms with Crippen LogP contribution in [0.5, 0.6) is 0 Å². The molecule has 0 saturated carbocycles. The van der Waals surface area contributed by atoms with Crippen LogP contribution in [0.2, 0.25) is 0 Å². The molecule has 0 N–H and O–H groups in total. The summed E-state index contributed by atoms with van der Waals surface area (Å²) in [5.41, 5.74) is 0. The number of carbonyl (C=O) groups is 2. The molecule has 2 aliphatic rings. The van der Waals surface area contributed by atoms with Crippen molar-refractivity contribution in [2.45, 2.75) is 46.1 Å². The van der Waals surface area contributed by atoms with E-state index in [2.05, 4.69) is 4.90 Å². The van der Waals surface area contributed by atoms with E-state index in [9.17, 15) is 18.0 Å². The average molecular weight is 403 g/mol. The Bertz CT molecular complexity index is 613. The van der Waals surface area contributed by atoms with E-state index in [4.69, 9.17) is 0 Å². The number of nitrogens with zero attached hydrogens (tertiary/aromatic N) is 4. The second kappa shape index (κ2) is 9.84. The van der Waals surface area contributed by atoms with E-state index in [1.165, 1.54) is 4.31 Å². The highest BCUT2D eigenvalue weighted by atomic mass is 32.2. The van der Waals surface area contributed by atoms with Gasteiger partial charge in [0.25, 0.3) is 0 Å². The van der Waals surface area contributed by atoms with Gasteiger partial charge in [-0.05, 0) is 33.1 Å². The van der Waals surface area contributed by atoms with Crippen molar-refractivity contribution in [1.82, 2.24) is 19.0 Å². The molecule has 0 radical (unpaired) electrons. The molecule has 0 spiro atoms. The molecule has 2 fully saturated rings. The van der Waals surface area contributed by atoms with E-state index < -0.39 is 16.1 Å². The van der Waals surface area contributed by atoms with Gasteiger partial charge in [0.05, 0.1) is 12.3 Å². The van der Waals surface area contributed by atoms with Gasteiger partial charge in [-0.3, -0.25) is 14.5 Å². The first-order valence-electron chi connectivity index (χ1n) is 10.1. The van der Waals surface area contributed by atoms with Crippen molar-refractivity contribution in [3.63, 3.8) is 0 Å². The molecule has 2 aliphatic heterocycles. The summed E-state index contributed by atoms with van der Waals surface area (Å²) in [4.78, 5) is 30.8. The summed E-state index contributed by atoms with van der Waals surface area (Å²) in [6, 6.07) is -0.551. The average Bonchev–Trinajstić information content (AvgIpc) is 3.13. The van der Waals surface area contributed by atoms with E-state index in [0.29, 0.717) is 65.2 Å². The van der Waals surface area contributed by atoms with Crippen LogP contribution in [0.15, 0.2) is 0 Å². The molecule has 2 rings (SSSR count). The lowest BCUT2D eigenvalue weighted by Crippen LogP contribution is -2.55. The summed E-state index contributed by atoms with van der Waals surface area (Å²) in [6.45, 7) is 10.4. The summed E-state index contributed by atoms with van der Waals surface area (Å²) in [7, 11) is -3.36. The number of likely N-dealkylation sites (N-methyl/N-ethyl adjacent to an activating group) is 1. The predicted octanol–water partition coefficient (Wildman–Crippen LogP) is 0.203.